The lowest BCUT2D eigenvalue weighted by molar-refractivity contribution is -0.00781. The fraction of sp³-hybridized carbons (Fsp3) is 0.321. The molecule has 3 aromatic rings. The highest BCUT2D eigenvalue weighted by molar-refractivity contribution is 6.35. The summed E-state index contributed by atoms with van der Waals surface area (Å²) in [6, 6.07) is 10.2. The highest BCUT2D eigenvalue weighted by Gasteiger charge is 2.42. The second kappa shape index (κ2) is 10.5. The van der Waals surface area contributed by atoms with E-state index in [1.54, 1.807) is 36.4 Å². The van der Waals surface area contributed by atoms with Crippen molar-refractivity contribution >= 4 is 40.4 Å². The molecule has 1 fully saturated rings. The van der Waals surface area contributed by atoms with E-state index in [1.165, 1.54) is 12.4 Å². The monoisotopic (exact) mass is 553 g/mol. The van der Waals surface area contributed by atoms with Crippen LogP contribution in [0.4, 0.5) is 5.69 Å². The third-order valence-corrected chi connectivity index (χ3v) is 7.93. The normalized spacial score (nSPS) is 17.5. The largest absolute Gasteiger partial charge is 0.486 e. The fourth-order valence-corrected chi connectivity index (χ4v) is 5.66. The summed E-state index contributed by atoms with van der Waals surface area (Å²) in [5.41, 5.74) is 14.4. The van der Waals surface area contributed by atoms with E-state index < -0.39 is 11.8 Å². The Morgan fingerprint density at radius 2 is 1.89 bits per heavy atom. The molecule has 5 N–H and O–H groups in total. The minimum Gasteiger partial charge on any atom is -0.486 e. The molecule has 38 heavy (non-hydrogen) atoms. The molecule has 1 spiro atoms. The van der Waals surface area contributed by atoms with Crippen LogP contribution in [-0.4, -0.2) is 46.6 Å². The van der Waals surface area contributed by atoms with Crippen molar-refractivity contribution in [1.29, 1.82) is 5.41 Å². The van der Waals surface area contributed by atoms with Crippen molar-refractivity contribution in [2.24, 2.45) is 5.73 Å². The van der Waals surface area contributed by atoms with Crippen molar-refractivity contribution < 1.29 is 14.3 Å². The highest BCUT2D eigenvalue weighted by Crippen LogP contribution is 2.40. The van der Waals surface area contributed by atoms with Crippen molar-refractivity contribution in [2.45, 2.75) is 38.0 Å². The first-order valence-electron chi connectivity index (χ1n) is 12.5. The number of nitrogens with two attached hydrogens (primary N) is 2. The number of benzene rings is 2. The van der Waals surface area contributed by atoms with Crippen molar-refractivity contribution in [2.75, 3.05) is 25.4 Å². The Morgan fingerprint density at radius 1 is 1.18 bits per heavy atom. The topological polar surface area (TPSA) is 128 Å². The van der Waals surface area contributed by atoms with E-state index in [4.69, 9.17) is 49.6 Å². The van der Waals surface area contributed by atoms with E-state index in [1.807, 2.05) is 0 Å². The zero-order valence-corrected chi connectivity index (χ0v) is 22.5. The molecule has 198 valence electrons. The zero-order chi connectivity index (χ0) is 27.0. The number of pyridine rings is 1. The van der Waals surface area contributed by atoms with Crippen LogP contribution < -0.4 is 20.9 Å². The number of carbonyl (C=O) groups is 1. The molecule has 1 saturated heterocycles. The van der Waals surface area contributed by atoms with Gasteiger partial charge in [-0.2, -0.15) is 0 Å². The number of rotatable bonds is 6. The van der Waals surface area contributed by atoms with E-state index in [2.05, 4.69) is 16.8 Å². The van der Waals surface area contributed by atoms with Crippen LogP contribution in [0.1, 0.15) is 59.5 Å². The third kappa shape index (κ3) is 5.09. The maximum absolute atomic E-state index is 13.2. The summed E-state index contributed by atoms with van der Waals surface area (Å²) in [6.07, 6.45) is 3.91. The molecule has 2 aliphatic rings. The smallest absolute Gasteiger partial charge is 0.177 e. The van der Waals surface area contributed by atoms with E-state index in [0.717, 1.165) is 32.5 Å². The lowest BCUT2D eigenvalue weighted by Gasteiger charge is -2.43. The lowest BCUT2D eigenvalue weighted by atomic mass is 9.82. The lowest BCUT2D eigenvalue weighted by Crippen LogP contribution is -2.50. The van der Waals surface area contributed by atoms with Crippen LogP contribution in [0, 0.1) is 5.41 Å². The van der Waals surface area contributed by atoms with Crippen LogP contribution in [0.5, 0.6) is 11.5 Å². The Kier molecular flexibility index (Phi) is 7.33. The predicted octanol–water partition coefficient (Wildman–Crippen LogP) is 5.24. The minimum atomic E-state index is -0.960. The van der Waals surface area contributed by atoms with Gasteiger partial charge in [-0.05, 0) is 42.9 Å². The van der Waals surface area contributed by atoms with Gasteiger partial charge in [0.25, 0.3) is 0 Å². The number of piperidine rings is 1. The minimum absolute atomic E-state index is 0.0352. The van der Waals surface area contributed by atoms with Crippen LogP contribution in [-0.2, 0) is 0 Å². The highest BCUT2D eigenvalue weighted by atomic mass is 35.5. The Labute approximate surface area is 231 Å². The van der Waals surface area contributed by atoms with Crippen LogP contribution in [0.25, 0.3) is 0 Å². The third-order valence-electron chi connectivity index (χ3n) is 7.32. The molecule has 0 amide bonds. The summed E-state index contributed by atoms with van der Waals surface area (Å²) >= 11 is 12.4. The molecule has 0 radical (unpaired) electrons. The van der Waals surface area contributed by atoms with Gasteiger partial charge in [-0.1, -0.05) is 30.1 Å². The van der Waals surface area contributed by atoms with E-state index >= 15 is 0 Å². The zero-order valence-electron chi connectivity index (χ0n) is 21.0. The molecule has 0 bridgehead atoms. The number of nitrogen functional groups attached to an aromatic ring is 1. The summed E-state index contributed by atoms with van der Waals surface area (Å²) in [7, 11) is 0. The summed E-state index contributed by atoms with van der Waals surface area (Å²) in [5, 5.41) is 9.43. The van der Waals surface area contributed by atoms with Gasteiger partial charge in [0.2, 0.25) is 0 Å². The van der Waals surface area contributed by atoms with E-state index in [0.29, 0.717) is 45.9 Å². The van der Waals surface area contributed by atoms with Crippen molar-refractivity contribution in [3.63, 3.8) is 0 Å². The van der Waals surface area contributed by atoms with Crippen molar-refractivity contribution in [3.05, 3.63) is 81.1 Å². The Hall–Kier alpha value is -3.17. The average Bonchev–Trinajstić information content (AvgIpc) is 2.89. The van der Waals surface area contributed by atoms with Gasteiger partial charge < -0.3 is 20.1 Å². The number of likely N-dealkylation sites (tertiary alicyclic amines) is 1. The Morgan fingerprint density at radius 3 is 2.58 bits per heavy atom. The first kappa shape index (κ1) is 26.4. The molecule has 0 unspecified atom stereocenters. The maximum atomic E-state index is 13.2. The maximum Gasteiger partial charge on any atom is 0.177 e. The molecule has 0 saturated carbocycles. The molecule has 3 heterocycles. The van der Waals surface area contributed by atoms with Gasteiger partial charge in [0.15, 0.2) is 12.0 Å². The number of carbonyl (C=O) groups excluding carboxylic acids is 1. The average molecular weight is 554 g/mol. The number of anilines is 1. The number of halogens is 2. The number of nitrogens with one attached hydrogen (secondary N) is 1. The number of hydrogen-bond donors (Lipinski definition) is 3. The van der Waals surface area contributed by atoms with Crippen molar-refractivity contribution in [1.82, 2.24) is 9.88 Å². The molecule has 1 atom stereocenters. The summed E-state index contributed by atoms with van der Waals surface area (Å²) in [5.74, 6) is 0.992. The summed E-state index contributed by atoms with van der Waals surface area (Å²) in [4.78, 5) is 19.5. The fourth-order valence-electron chi connectivity index (χ4n) is 5.08. The predicted molar refractivity (Wildman–Crippen MR) is 149 cm³/mol. The quantitative estimate of drug-likeness (QED) is 0.216. The van der Waals surface area contributed by atoms with Crippen molar-refractivity contribution in [3.8, 4) is 11.5 Å². The number of nitrogens with zero attached hydrogens (tertiary/aromatic N) is 2. The second-order valence-electron chi connectivity index (χ2n) is 9.71. The van der Waals surface area contributed by atoms with Gasteiger partial charge in [0, 0.05) is 60.7 Å². The van der Waals surface area contributed by atoms with E-state index in [-0.39, 0.29) is 21.5 Å². The molecular formula is C28H29Cl2N5O3. The van der Waals surface area contributed by atoms with Crippen LogP contribution in [0.2, 0.25) is 10.0 Å². The molecule has 1 aromatic heterocycles. The first-order valence-corrected chi connectivity index (χ1v) is 13.2. The first-order chi connectivity index (χ1) is 18.2. The number of Topliss-reactive ketones (excluding diaryl/α,β-unsaturated/α-hetero) is 1. The van der Waals surface area contributed by atoms with Crippen LogP contribution in [0.15, 0.2) is 48.8 Å². The van der Waals surface area contributed by atoms with Gasteiger partial charge in [-0.25, -0.2) is 0 Å². The van der Waals surface area contributed by atoms with Crippen LogP contribution >= 0.6 is 23.2 Å². The molecule has 2 aliphatic heterocycles. The van der Waals surface area contributed by atoms with Crippen LogP contribution in [0.3, 0.4) is 0 Å². The van der Waals surface area contributed by atoms with Gasteiger partial charge in [0.05, 0.1) is 27.7 Å². The Bertz CT molecular complexity index is 1380. The van der Waals surface area contributed by atoms with E-state index in [9.17, 15) is 4.79 Å². The Balaban J connectivity index is 1.37. The number of aromatic nitrogens is 1. The molecular weight excluding hydrogens is 525 g/mol. The second-order valence-corrected chi connectivity index (χ2v) is 10.5. The SMILES string of the molecule is CCN1CCC2(CC1)CC(=O)c1cc(C(=N)c3cc(O[C@H](N)c4c(Cl)cncc4Cl)ccc3N)ccc1O2. The molecule has 10 heteroatoms. The number of fused-ring (bicyclic) bond motifs is 1. The van der Waals surface area contributed by atoms with Gasteiger partial charge >= 0.3 is 0 Å². The molecule has 8 nitrogen and oxygen atoms in total. The van der Waals surface area contributed by atoms with Gasteiger partial charge in [-0.3, -0.25) is 20.9 Å². The van der Waals surface area contributed by atoms with Gasteiger partial charge in [0.1, 0.15) is 17.1 Å². The van der Waals surface area contributed by atoms with Gasteiger partial charge in [-0.15, -0.1) is 0 Å². The standard InChI is InChI=1S/C28H29Cl2N5O3/c1-2-35-9-7-28(8-10-35)13-23(36)19-11-16(3-6-24(19)38-28)26(32)18-12-17(4-5-22(18)31)37-27(33)25-20(29)14-34-15-21(25)30/h3-6,11-12,14-15,27,32H,2,7-10,13,31,33H2,1H3/t27-/m0/s1. The molecule has 0 aliphatic carbocycles. The number of ether oxygens (including phenoxy) is 2. The molecule has 5 rings (SSSR count). The molecule has 2 aromatic carbocycles. The summed E-state index contributed by atoms with van der Waals surface area (Å²) < 4.78 is 12.3. The number of hydrogen-bond acceptors (Lipinski definition) is 8. The number of ketones is 1. The summed E-state index contributed by atoms with van der Waals surface area (Å²) in [6.45, 7) is 4.98.